The minimum atomic E-state index is -1.17. The van der Waals surface area contributed by atoms with E-state index in [-0.39, 0.29) is 31.7 Å². The van der Waals surface area contributed by atoms with Crippen LogP contribution in [0, 0.1) is 6.92 Å². The van der Waals surface area contributed by atoms with Crippen molar-refractivity contribution in [2.75, 3.05) is 20.8 Å². The van der Waals surface area contributed by atoms with E-state index in [2.05, 4.69) is 4.98 Å². The Morgan fingerprint density at radius 3 is 2.00 bits per heavy atom. The normalized spacial score (nSPS) is 17.7. The summed E-state index contributed by atoms with van der Waals surface area (Å²) in [6.45, 7) is 2.93. The van der Waals surface area contributed by atoms with Crippen molar-refractivity contribution < 1.29 is 33.3 Å². The fourth-order valence-electron chi connectivity index (χ4n) is 5.73. The number of ketones is 1. The SMILES string of the molecule is COc1ccc(C(OC[C@H]2O[C@@H](n3cc(C)c(=O)[nH]c3=O)C[C@H]2OC(=O)CCC(C)=O)(c2ccccc2)c2ccc(OC)cc2)cc1. The van der Waals surface area contributed by atoms with Gasteiger partial charge in [-0.1, -0.05) is 54.6 Å². The maximum atomic E-state index is 12.8. The molecule has 0 amide bonds. The van der Waals surface area contributed by atoms with Crippen LogP contribution < -0.4 is 20.7 Å². The molecule has 0 bridgehead atoms. The molecule has 1 aliphatic rings. The highest BCUT2D eigenvalue weighted by Gasteiger charge is 2.44. The number of nitrogens with one attached hydrogen (secondary N) is 1. The predicted molar refractivity (Wildman–Crippen MR) is 173 cm³/mol. The van der Waals surface area contributed by atoms with Crippen LogP contribution in [-0.4, -0.2) is 54.3 Å². The molecular weight excluding hydrogens is 604 g/mol. The van der Waals surface area contributed by atoms with E-state index in [9.17, 15) is 19.2 Å². The maximum absolute atomic E-state index is 12.8. The number of carbonyl (C=O) groups is 2. The van der Waals surface area contributed by atoms with Gasteiger partial charge in [-0.05, 0) is 54.8 Å². The van der Waals surface area contributed by atoms with Crippen molar-refractivity contribution in [3.05, 3.63) is 128 Å². The van der Waals surface area contributed by atoms with E-state index >= 15 is 0 Å². The molecule has 2 heterocycles. The lowest BCUT2D eigenvalue weighted by Crippen LogP contribution is -2.39. The Morgan fingerprint density at radius 1 is 0.872 bits per heavy atom. The van der Waals surface area contributed by atoms with Crippen LogP contribution in [0.1, 0.15) is 54.7 Å². The summed E-state index contributed by atoms with van der Waals surface area (Å²) in [6.07, 6.45) is -1.000. The first-order valence-electron chi connectivity index (χ1n) is 15.3. The van der Waals surface area contributed by atoms with Crippen molar-refractivity contribution in [3.63, 3.8) is 0 Å². The second-order valence-electron chi connectivity index (χ2n) is 11.4. The van der Waals surface area contributed by atoms with Crippen molar-refractivity contribution in [1.82, 2.24) is 9.55 Å². The van der Waals surface area contributed by atoms with Gasteiger partial charge in [0.25, 0.3) is 5.56 Å². The summed E-state index contributed by atoms with van der Waals surface area (Å²) in [6, 6.07) is 24.8. The summed E-state index contributed by atoms with van der Waals surface area (Å²) in [7, 11) is 3.20. The second kappa shape index (κ2) is 14.6. The third-order valence-electron chi connectivity index (χ3n) is 8.24. The summed E-state index contributed by atoms with van der Waals surface area (Å²) in [5, 5.41) is 0. The number of methoxy groups -OCH3 is 2. The minimum Gasteiger partial charge on any atom is -0.497 e. The second-order valence-corrected chi connectivity index (χ2v) is 11.4. The van der Waals surface area contributed by atoms with Crippen LogP contribution in [0.5, 0.6) is 11.5 Å². The first-order valence-corrected chi connectivity index (χ1v) is 15.3. The molecule has 11 heteroatoms. The zero-order valence-electron chi connectivity index (χ0n) is 26.8. The number of carbonyl (C=O) groups excluding carboxylic acids is 2. The van der Waals surface area contributed by atoms with Crippen molar-refractivity contribution in [2.24, 2.45) is 0 Å². The van der Waals surface area contributed by atoms with Crippen molar-refractivity contribution in [1.29, 1.82) is 0 Å². The van der Waals surface area contributed by atoms with Gasteiger partial charge in [-0.15, -0.1) is 0 Å². The Labute approximate surface area is 272 Å². The number of aromatic nitrogens is 2. The number of ether oxygens (including phenoxy) is 5. The fraction of sp³-hybridized carbons (Fsp3) is 0.333. The average molecular weight is 643 g/mol. The van der Waals surface area contributed by atoms with Gasteiger partial charge in [0.15, 0.2) is 0 Å². The van der Waals surface area contributed by atoms with Gasteiger partial charge in [0.05, 0.1) is 27.2 Å². The van der Waals surface area contributed by atoms with Crippen LogP contribution in [0.4, 0.5) is 0 Å². The molecule has 1 saturated heterocycles. The summed E-state index contributed by atoms with van der Waals surface area (Å²) in [4.78, 5) is 51.5. The molecule has 3 atom stereocenters. The van der Waals surface area contributed by atoms with Gasteiger partial charge in [0.2, 0.25) is 0 Å². The molecule has 5 rings (SSSR count). The lowest BCUT2D eigenvalue weighted by atomic mass is 9.80. The van der Waals surface area contributed by atoms with E-state index in [1.54, 1.807) is 21.1 Å². The molecule has 0 saturated carbocycles. The smallest absolute Gasteiger partial charge is 0.330 e. The number of esters is 1. The lowest BCUT2D eigenvalue weighted by molar-refractivity contribution is -0.156. The Morgan fingerprint density at radius 2 is 1.45 bits per heavy atom. The Kier molecular flexibility index (Phi) is 10.4. The first-order chi connectivity index (χ1) is 22.6. The fourth-order valence-corrected chi connectivity index (χ4v) is 5.73. The molecule has 0 aliphatic carbocycles. The standard InChI is InChI=1S/C36H38N2O9/c1-23-21-38(35(42)37-34(23)41)32-20-30(47-33(40)19-10-24(2)39)31(46-32)22-45-36(25-8-6-5-7-9-25,26-11-15-28(43-3)16-12-26)27-13-17-29(44-4)18-14-27/h5-9,11-18,21,30-32H,10,19-20,22H2,1-4H3,(H,37,41,42)/t30-,31-,32-/m1/s1. The molecule has 1 aromatic heterocycles. The number of hydrogen-bond donors (Lipinski definition) is 1. The quantitative estimate of drug-likeness (QED) is 0.166. The number of hydrogen-bond acceptors (Lipinski definition) is 9. The molecular formula is C36H38N2O9. The number of nitrogens with zero attached hydrogens (tertiary/aromatic N) is 1. The zero-order valence-corrected chi connectivity index (χ0v) is 26.8. The van der Waals surface area contributed by atoms with Gasteiger partial charge >= 0.3 is 11.7 Å². The summed E-state index contributed by atoms with van der Waals surface area (Å²) >= 11 is 0. The van der Waals surface area contributed by atoms with Gasteiger partial charge < -0.3 is 28.5 Å². The van der Waals surface area contributed by atoms with Gasteiger partial charge in [-0.3, -0.25) is 19.1 Å². The van der Waals surface area contributed by atoms with E-state index in [1.807, 2.05) is 78.9 Å². The number of benzene rings is 3. The molecule has 1 fully saturated rings. The van der Waals surface area contributed by atoms with Crippen LogP contribution in [0.25, 0.3) is 0 Å². The molecule has 0 spiro atoms. The number of rotatable bonds is 13. The highest BCUT2D eigenvalue weighted by molar-refractivity contribution is 5.81. The molecule has 246 valence electrons. The minimum absolute atomic E-state index is 0.0433. The topological polar surface area (TPSA) is 135 Å². The van der Waals surface area contributed by atoms with E-state index in [0.717, 1.165) is 16.7 Å². The Balaban J connectivity index is 1.56. The molecule has 0 radical (unpaired) electrons. The van der Waals surface area contributed by atoms with E-state index in [4.69, 9.17) is 23.7 Å². The summed E-state index contributed by atoms with van der Waals surface area (Å²) in [5.41, 5.74) is 0.429. The molecule has 0 unspecified atom stereocenters. The predicted octanol–water partition coefficient (Wildman–Crippen LogP) is 4.44. The molecule has 3 aromatic carbocycles. The number of aryl methyl sites for hydroxylation is 1. The number of H-pyrrole nitrogens is 1. The maximum Gasteiger partial charge on any atom is 0.330 e. The third kappa shape index (κ3) is 7.37. The van der Waals surface area contributed by atoms with Crippen LogP contribution in [-0.2, 0) is 29.4 Å². The van der Waals surface area contributed by atoms with Crippen LogP contribution >= 0.6 is 0 Å². The number of aromatic amines is 1. The summed E-state index contributed by atoms with van der Waals surface area (Å²) in [5.74, 6) is 0.645. The molecule has 1 aliphatic heterocycles. The van der Waals surface area contributed by atoms with Crippen molar-refractivity contribution in [3.8, 4) is 11.5 Å². The Hall–Kier alpha value is -5.00. The largest absolute Gasteiger partial charge is 0.497 e. The van der Waals surface area contributed by atoms with Gasteiger partial charge in [0.1, 0.15) is 41.3 Å². The first kappa shape index (κ1) is 33.4. The molecule has 1 N–H and O–H groups in total. The summed E-state index contributed by atoms with van der Waals surface area (Å²) < 4.78 is 31.4. The van der Waals surface area contributed by atoms with Gasteiger partial charge in [-0.25, -0.2) is 4.79 Å². The number of Topliss-reactive ketones (excluding diaryl/α,β-unsaturated/α-hetero) is 1. The van der Waals surface area contributed by atoms with Crippen LogP contribution in [0.2, 0.25) is 0 Å². The molecule has 47 heavy (non-hydrogen) atoms. The monoisotopic (exact) mass is 642 g/mol. The van der Waals surface area contributed by atoms with Crippen molar-refractivity contribution in [2.45, 2.75) is 57.1 Å². The van der Waals surface area contributed by atoms with Crippen LogP contribution in [0.3, 0.4) is 0 Å². The van der Waals surface area contributed by atoms with Gasteiger partial charge in [-0.2, -0.15) is 0 Å². The molecule has 4 aromatic rings. The van der Waals surface area contributed by atoms with E-state index in [1.165, 1.54) is 17.7 Å². The van der Waals surface area contributed by atoms with Crippen LogP contribution in [0.15, 0.2) is 94.6 Å². The lowest BCUT2D eigenvalue weighted by Gasteiger charge is -2.37. The third-order valence-corrected chi connectivity index (χ3v) is 8.24. The van der Waals surface area contributed by atoms with E-state index in [0.29, 0.717) is 17.1 Å². The molecule has 11 nitrogen and oxygen atoms in total. The average Bonchev–Trinajstić information content (AvgIpc) is 3.48. The van der Waals surface area contributed by atoms with Gasteiger partial charge in [0, 0.05) is 24.6 Å². The Bertz CT molecular complexity index is 1750. The van der Waals surface area contributed by atoms with E-state index < -0.39 is 41.3 Å². The van der Waals surface area contributed by atoms with Crippen molar-refractivity contribution >= 4 is 11.8 Å². The highest BCUT2D eigenvalue weighted by atomic mass is 16.6. The zero-order chi connectivity index (χ0) is 33.6. The highest BCUT2D eigenvalue weighted by Crippen LogP contribution is 2.43.